The Bertz CT molecular complexity index is 485. The van der Waals surface area contributed by atoms with Crippen LogP contribution in [0.3, 0.4) is 0 Å². The van der Waals surface area contributed by atoms with Gasteiger partial charge in [0.1, 0.15) is 10.8 Å². The van der Waals surface area contributed by atoms with Gasteiger partial charge in [-0.2, -0.15) is 0 Å². The van der Waals surface area contributed by atoms with Crippen LogP contribution in [-0.2, 0) is 6.54 Å². The first kappa shape index (κ1) is 11.5. The molecule has 0 saturated carbocycles. The van der Waals surface area contributed by atoms with Crippen molar-refractivity contribution in [3.8, 4) is 0 Å². The monoisotopic (exact) mass is 300 g/mol. The van der Waals surface area contributed by atoms with E-state index >= 15 is 0 Å². The zero-order valence-corrected chi connectivity index (χ0v) is 11.0. The summed E-state index contributed by atoms with van der Waals surface area (Å²) in [6.45, 7) is 2.54. The van der Waals surface area contributed by atoms with Gasteiger partial charge in [-0.1, -0.05) is 0 Å². The van der Waals surface area contributed by atoms with E-state index < -0.39 is 0 Å². The SMILES string of the molecule is Cc1cc(F)c(Br)cc1NCc1nccs1. The standard InChI is InChI=1S/C11H10BrFN2S/c1-7-4-9(13)8(12)5-10(7)15-6-11-14-2-3-16-11/h2-5,15H,6H2,1H3. The minimum absolute atomic E-state index is 0.239. The molecule has 0 atom stereocenters. The third-order valence-electron chi connectivity index (χ3n) is 2.18. The fourth-order valence-corrected chi connectivity index (χ4v) is 2.25. The molecule has 0 fully saturated rings. The number of hydrogen-bond acceptors (Lipinski definition) is 3. The number of anilines is 1. The first-order valence-corrected chi connectivity index (χ1v) is 6.42. The van der Waals surface area contributed by atoms with E-state index in [0.717, 1.165) is 16.3 Å². The molecule has 16 heavy (non-hydrogen) atoms. The lowest BCUT2D eigenvalue weighted by Gasteiger charge is -2.09. The van der Waals surface area contributed by atoms with Gasteiger partial charge in [0.2, 0.25) is 0 Å². The predicted octanol–water partition coefficient (Wildman–Crippen LogP) is 3.97. The van der Waals surface area contributed by atoms with Crippen molar-refractivity contribution in [2.75, 3.05) is 5.32 Å². The fourth-order valence-electron chi connectivity index (χ4n) is 1.35. The number of aryl methyl sites for hydroxylation is 1. The van der Waals surface area contributed by atoms with Gasteiger partial charge in [0.15, 0.2) is 0 Å². The second-order valence-electron chi connectivity index (χ2n) is 3.36. The van der Waals surface area contributed by atoms with Crippen LogP contribution in [0.1, 0.15) is 10.6 Å². The average Bonchev–Trinajstić information content (AvgIpc) is 2.74. The maximum absolute atomic E-state index is 13.2. The van der Waals surface area contributed by atoms with Gasteiger partial charge in [0, 0.05) is 17.3 Å². The Morgan fingerprint density at radius 2 is 2.31 bits per heavy atom. The summed E-state index contributed by atoms with van der Waals surface area (Å²) in [6, 6.07) is 3.26. The maximum atomic E-state index is 13.2. The molecule has 0 spiro atoms. The summed E-state index contributed by atoms with van der Waals surface area (Å²) in [5.74, 6) is -0.239. The molecule has 0 aliphatic carbocycles. The van der Waals surface area contributed by atoms with Crippen LogP contribution in [-0.4, -0.2) is 4.98 Å². The Morgan fingerprint density at radius 1 is 1.50 bits per heavy atom. The van der Waals surface area contributed by atoms with E-state index in [4.69, 9.17) is 0 Å². The molecule has 0 amide bonds. The highest BCUT2D eigenvalue weighted by Crippen LogP contribution is 2.24. The van der Waals surface area contributed by atoms with E-state index in [2.05, 4.69) is 26.2 Å². The summed E-state index contributed by atoms with van der Waals surface area (Å²) in [5.41, 5.74) is 1.81. The number of thiazole rings is 1. The molecule has 0 aliphatic heterocycles. The highest BCUT2D eigenvalue weighted by Gasteiger charge is 2.05. The molecule has 2 rings (SSSR count). The Labute approximate surface area is 106 Å². The second-order valence-corrected chi connectivity index (χ2v) is 5.19. The van der Waals surface area contributed by atoms with Gasteiger partial charge in [0.05, 0.1) is 11.0 Å². The zero-order valence-electron chi connectivity index (χ0n) is 8.63. The van der Waals surface area contributed by atoms with E-state index in [-0.39, 0.29) is 5.82 Å². The molecule has 5 heteroatoms. The lowest BCUT2D eigenvalue weighted by molar-refractivity contribution is 0.620. The largest absolute Gasteiger partial charge is 0.378 e. The molecule has 0 unspecified atom stereocenters. The van der Waals surface area contributed by atoms with Crippen molar-refractivity contribution in [1.29, 1.82) is 0 Å². The van der Waals surface area contributed by atoms with Gasteiger partial charge in [0.25, 0.3) is 0 Å². The normalized spacial score (nSPS) is 10.4. The molecular formula is C11H10BrFN2S. The van der Waals surface area contributed by atoms with Crippen LogP contribution in [0.15, 0.2) is 28.2 Å². The first-order chi connectivity index (χ1) is 7.66. The predicted molar refractivity (Wildman–Crippen MR) is 68.3 cm³/mol. The Balaban J connectivity index is 2.12. The fraction of sp³-hybridized carbons (Fsp3) is 0.182. The summed E-state index contributed by atoms with van der Waals surface area (Å²) in [6.07, 6.45) is 1.77. The van der Waals surface area contributed by atoms with Crippen molar-refractivity contribution in [2.24, 2.45) is 0 Å². The van der Waals surface area contributed by atoms with Gasteiger partial charge in [-0.25, -0.2) is 9.37 Å². The summed E-state index contributed by atoms with van der Waals surface area (Å²) in [5, 5.41) is 6.18. The van der Waals surface area contributed by atoms with E-state index in [1.165, 1.54) is 6.07 Å². The van der Waals surface area contributed by atoms with Crippen LogP contribution in [0.5, 0.6) is 0 Å². The topological polar surface area (TPSA) is 24.9 Å². The minimum atomic E-state index is -0.239. The molecule has 0 saturated heterocycles. The molecular weight excluding hydrogens is 291 g/mol. The average molecular weight is 301 g/mol. The number of hydrogen-bond donors (Lipinski definition) is 1. The van der Waals surface area contributed by atoms with Gasteiger partial charge >= 0.3 is 0 Å². The molecule has 0 bridgehead atoms. The number of aromatic nitrogens is 1. The first-order valence-electron chi connectivity index (χ1n) is 4.74. The second kappa shape index (κ2) is 4.93. The van der Waals surface area contributed by atoms with Crippen molar-refractivity contribution in [3.05, 3.63) is 44.6 Å². The van der Waals surface area contributed by atoms with Gasteiger partial charge in [-0.3, -0.25) is 0 Å². The molecule has 2 aromatic rings. The zero-order chi connectivity index (χ0) is 11.5. The van der Waals surface area contributed by atoms with Crippen molar-refractivity contribution in [1.82, 2.24) is 4.98 Å². The summed E-state index contributed by atoms with van der Waals surface area (Å²) in [4.78, 5) is 4.17. The molecule has 0 aliphatic rings. The summed E-state index contributed by atoms with van der Waals surface area (Å²) < 4.78 is 13.7. The molecule has 0 radical (unpaired) electrons. The lowest BCUT2D eigenvalue weighted by Crippen LogP contribution is -2.01. The molecule has 2 nitrogen and oxygen atoms in total. The molecule has 1 aromatic carbocycles. The van der Waals surface area contributed by atoms with Crippen molar-refractivity contribution >= 4 is 33.0 Å². The molecule has 1 heterocycles. The van der Waals surface area contributed by atoms with E-state index in [9.17, 15) is 4.39 Å². The molecule has 1 aromatic heterocycles. The smallest absolute Gasteiger partial charge is 0.137 e. The molecule has 84 valence electrons. The number of nitrogens with zero attached hydrogens (tertiary/aromatic N) is 1. The van der Waals surface area contributed by atoms with Crippen LogP contribution in [0.2, 0.25) is 0 Å². The highest BCUT2D eigenvalue weighted by atomic mass is 79.9. The lowest BCUT2D eigenvalue weighted by atomic mass is 10.2. The van der Waals surface area contributed by atoms with E-state index in [1.54, 1.807) is 23.6 Å². The highest BCUT2D eigenvalue weighted by molar-refractivity contribution is 9.10. The van der Waals surface area contributed by atoms with Crippen molar-refractivity contribution < 1.29 is 4.39 Å². The number of rotatable bonds is 3. The number of benzene rings is 1. The van der Waals surface area contributed by atoms with Crippen molar-refractivity contribution in [2.45, 2.75) is 13.5 Å². The summed E-state index contributed by atoms with van der Waals surface area (Å²) >= 11 is 4.77. The van der Waals surface area contributed by atoms with Crippen LogP contribution < -0.4 is 5.32 Å². The minimum Gasteiger partial charge on any atom is -0.378 e. The van der Waals surface area contributed by atoms with E-state index in [1.807, 2.05) is 12.3 Å². The van der Waals surface area contributed by atoms with Crippen LogP contribution in [0, 0.1) is 12.7 Å². The van der Waals surface area contributed by atoms with Crippen molar-refractivity contribution in [3.63, 3.8) is 0 Å². The number of halogens is 2. The van der Waals surface area contributed by atoms with Gasteiger partial charge < -0.3 is 5.32 Å². The van der Waals surface area contributed by atoms with Crippen LogP contribution in [0.25, 0.3) is 0 Å². The summed E-state index contributed by atoms with van der Waals surface area (Å²) in [7, 11) is 0. The third-order valence-corrected chi connectivity index (χ3v) is 3.57. The van der Waals surface area contributed by atoms with Crippen LogP contribution >= 0.6 is 27.3 Å². The van der Waals surface area contributed by atoms with Gasteiger partial charge in [-0.05, 0) is 40.5 Å². The van der Waals surface area contributed by atoms with Gasteiger partial charge in [-0.15, -0.1) is 11.3 Å². The Hall–Kier alpha value is -0.940. The molecule has 1 N–H and O–H groups in total. The third kappa shape index (κ3) is 2.59. The quantitative estimate of drug-likeness (QED) is 0.928. The van der Waals surface area contributed by atoms with E-state index in [0.29, 0.717) is 11.0 Å². The Kier molecular flexibility index (Phi) is 3.56. The van der Waals surface area contributed by atoms with Crippen LogP contribution in [0.4, 0.5) is 10.1 Å². The Morgan fingerprint density at radius 3 is 3.00 bits per heavy atom. The number of nitrogens with one attached hydrogen (secondary N) is 1. The maximum Gasteiger partial charge on any atom is 0.137 e.